The van der Waals surface area contributed by atoms with Gasteiger partial charge in [0.1, 0.15) is 23.8 Å². The molecule has 0 unspecified atom stereocenters. The van der Waals surface area contributed by atoms with Crippen molar-refractivity contribution in [1.29, 1.82) is 0 Å². The molecule has 2 aromatic carbocycles. The monoisotopic (exact) mass is 463 g/mol. The summed E-state index contributed by atoms with van der Waals surface area (Å²) in [6.45, 7) is 3.90. The van der Waals surface area contributed by atoms with E-state index < -0.39 is 0 Å². The standard InChI is InChI=1S/C24H23F2N7O/c25-18-3-1-17(2-4-18)24(34)27-9-10-33-23-21(15-30-33)22(28-16-29-23)32-13-11-31(12-14-32)20-7-5-19(26)6-8-20/h1-8,15-16H,9-14H2,(H,27,34). The lowest BCUT2D eigenvalue weighted by Crippen LogP contribution is -2.46. The van der Waals surface area contributed by atoms with Crippen LogP contribution in [0.1, 0.15) is 10.4 Å². The first-order valence-corrected chi connectivity index (χ1v) is 11.0. The molecule has 10 heteroatoms. The van der Waals surface area contributed by atoms with E-state index in [0.29, 0.717) is 24.3 Å². The number of amides is 1. The van der Waals surface area contributed by atoms with Crippen molar-refractivity contribution in [1.82, 2.24) is 25.1 Å². The van der Waals surface area contributed by atoms with Gasteiger partial charge in [-0.15, -0.1) is 0 Å². The molecule has 2 aromatic heterocycles. The zero-order valence-corrected chi connectivity index (χ0v) is 18.4. The topological polar surface area (TPSA) is 79.2 Å². The van der Waals surface area contributed by atoms with E-state index in [1.807, 2.05) is 0 Å². The summed E-state index contributed by atoms with van der Waals surface area (Å²) in [5.41, 5.74) is 2.10. The number of aromatic nitrogens is 4. The van der Waals surface area contributed by atoms with Crippen LogP contribution in [-0.2, 0) is 6.54 Å². The van der Waals surface area contributed by atoms with Gasteiger partial charge in [-0.2, -0.15) is 5.10 Å². The molecular weight excluding hydrogens is 440 g/mol. The summed E-state index contributed by atoms with van der Waals surface area (Å²) < 4.78 is 28.0. The number of anilines is 2. The van der Waals surface area contributed by atoms with Crippen LogP contribution in [0, 0.1) is 11.6 Å². The second-order valence-electron chi connectivity index (χ2n) is 8.02. The van der Waals surface area contributed by atoms with E-state index in [1.165, 1.54) is 42.7 Å². The highest BCUT2D eigenvalue weighted by atomic mass is 19.1. The van der Waals surface area contributed by atoms with Gasteiger partial charge in [-0.1, -0.05) is 0 Å². The molecule has 0 bridgehead atoms. The summed E-state index contributed by atoms with van der Waals surface area (Å²) in [6, 6.07) is 12.0. The van der Waals surface area contributed by atoms with Crippen LogP contribution in [0.25, 0.3) is 11.0 Å². The van der Waals surface area contributed by atoms with Crippen molar-refractivity contribution >= 4 is 28.4 Å². The number of halogens is 2. The van der Waals surface area contributed by atoms with Crippen LogP contribution >= 0.6 is 0 Å². The van der Waals surface area contributed by atoms with Crippen LogP contribution in [0.15, 0.2) is 61.1 Å². The van der Waals surface area contributed by atoms with E-state index in [2.05, 4.69) is 30.2 Å². The second kappa shape index (κ2) is 9.42. The molecule has 1 amide bonds. The lowest BCUT2D eigenvalue weighted by Gasteiger charge is -2.36. The molecule has 3 heterocycles. The van der Waals surface area contributed by atoms with Gasteiger partial charge in [0, 0.05) is 44.0 Å². The number of fused-ring (bicyclic) bond motifs is 1. The van der Waals surface area contributed by atoms with Gasteiger partial charge in [0.15, 0.2) is 5.65 Å². The third kappa shape index (κ3) is 4.52. The molecule has 4 aromatic rings. The predicted octanol–water partition coefficient (Wildman–Crippen LogP) is 2.86. The number of hydrogen-bond acceptors (Lipinski definition) is 6. The van der Waals surface area contributed by atoms with Gasteiger partial charge in [-0.05, 0) is 48.5 Å². The van der Waals surface area contributed by atoms with Crippen LogP contribution < -0.4 is 15.1 Å². The van der Waals surface area contributed by atoms with Gasteiger partial charge >= 0.3 is 0 Å². The number of hydrogen-bond donors (Lipinski definition) is 1. The fourth-order valence-corrected chi connectivity index (χ4v) is 4.10. The molecule has 1 fully saturated rings. The molecule has 5 rings (SSSR count). The van der Waals surface area contributed by atoms with E-state index in [9.17, 15) is 13.6 Å². The largest absolute Gasteiger partial charge is 0.368 e. The third-order valence-electron chi connectivity index (χ3n) is 5.90. The molecule has 0 aliphatic carbocycles. The summed E-state index contributed by atoms with van der Waals surface area (Å²) in [4.78, 5) is 25.6. The number of rotatable bonds is 6. The van der Waals surface area contributed by atoms with Crippen molar-refractivity contribution in [2.24, 2.45) is 0 Å². The number of nitrogens with zero attached hydrogens (tertiary/aromatic N) is 6. The number of piperazine rings is 1. The molecule has 1 N–H and O–H groups in total. The molecule has 1 saturated heterocycles. The predicted molar refractivity (Wildman–Crippen MR) is 125 cm³/mol. The smallest absolute Gasteiger partial charge is 0.251 e. The average Bonchev–Trinajstić information content (AvgIpc) is 3.28. The Balaban J connectivity index is 1.22. The molecule has 1 aliphatic heterocycles. The molecular formula is C24H23F2N7O. The summed E-state index contributed by atoms with van der Waals surface area (Å²) in [5.74, 6) is -0.0686. The van der Waals surface area contributed by atoms with Gasteiger partial charge in [0.05, 0.1) is 18.1 Å². The maximum atomic E-state index is 13.2. The Morgan fingerprint density at radius 1 is 0.882 bits per heavy atom. The summed E-state index contributed by atoms with van der Waals surface area (Å²) in [7, 11) is 0. The van der Waals surface area contributed by atoms with Crippen LogP contribution in [0.4, 0.5) is 20.3 Å². The SMILES string of the molecule is O=C(NCCn1ncc2c(N3CCN(c4ccc(F)cc4)CC3)ncnc21)c1ccc(F)cc1. The quantitative estimate of drug-likeness (QED) is 0.474. The summed E-state index contributed by atoms with van der Waals surface area (Å²) in [6.07, 6.45) is 3.28. The zero-order valence-electron chi connectivity index (χ0n) is 18.4. The minimum Gasteiger partial charge on any atom is -0.368 e. The van der Waals surface area contributed by atoms with E-state index >= 15 is 0 Å². The first-order valence-electron chi connectivity index (χ1n) is 11.0. The van der Waals surface area contributed by atoms with Crippen LogP contribution in [-0.4, -0.2) is 58.4 Å². The molecule has 0 atom stereocenters. The van der Waals surface area contributed by atoms with Gasteiger partial charge < -0.3 is 15.1 Å². The minimum absolute atomic E-state index is 0.238. The molecule has 1 aliphatic rings. The van der Waals surface area contributed by atoms with Gasteiger partial charge in [-0.3, -0.25) is 4.79 Å². The average molecular weight is 463 g/mol. The number of carbonyl (C=O) groups is 1. The van der Waals surface area contributed by atoms with E-state index in [1.54, 1.807) is 23.0 Å². The van der Waals surface area contributed by atoms with Gasteiger partial charge in [-0.25, -0.2) is 23.4 Å². The lowest BCUT2D eigenvalue weighted by atomic mass is 10.2. The Morgan fingerprint density at radius 2 is 1.53 bits per heavy atom. The Labute approximate surface area is 194 Å². The van der Waals surface area contributed by atoms with Crippen LogP contribution in [0.2, 0.25) is 0 Å². The Morgan fingerprint density at radius 3 is 2.24 bits per heavy atom. The number of benzene rings is 2. The van der Waals surface area contributed by atoms with Crippen molar-refractivity contribution < 1.29 is 13.6 Å². The number of nitrogens with one attached hydrogen (secondary N) is 1. The highest BCUT2D eigenvalue weighted by Crippen LogP contribution is 2.25. The summed E-state index contributed by atoms with van der Waals surface area (Å²) >= 11 is 0. The molecule has 34 heavy (non-hydrogen) atoms. The zero-order chi connectivity index (χ0) is 23.5. The Kier molecular flexibility index (Phi) is 6.03. The normalized spacial score (nSPS) is 13.9. The lowest BCUT2D eigenvalue weighted by molar-refractivity contribution is 0.0952. The summed E-state index contributed by atoms with van der Waals surface area (Å²) in [5, 5.41) is 8.11. The molecule has 8 nitrogen and oxygen atoms in total. The highest BCUT2D eigenvalue weighted by Gasteiger charge is 2.21. The minimum atomic E-state index is -0.382. The van der Waals surface area contributed by atoms with Crippen LogP contribution in [0.5, 0.6) is 0 Å². The van der Waals surface area contributed by atoms with Crippen molar-refractivity contribution in [2.75, 3.05) is 42.5 Å². The molecule has 0 spiro atoms. The number of carbonyl (C=O) groups excluding carboxylic acids is 1. The molecule has 174 valence electrons. The first-order chi connectivity index (χ1) is 16.6. The fourth-order valence-electron chi connectivity index (χ4n) is 4.10. The molecule has 0 saturated carbocycles. The maximum Gasteiger partial charge on any atom is 0.251 e. The first kappa shape index (κ1) is 21.7. The van der Waals surface area contributed by atoms with Gasteiger partial charge in [0.25, 0.3) is 5.91 Å². The second-order valence-corrected chi connectivity index (χ2v) is 8.02. The Bertz CT molecular complexity index is 1280. The van der Waals surface area contributed by atoms with E-state index in [4.69, 9.17) is 0 Å². The van der Waals surface area contributed by atoms with Gasteiger partial charge in [0.2, 0.25) is 0 Å². The van der Waals surface area contributed by atoms with Crippen LogP contribution in [0.3, 0.4) is 0 Å². The Hall–Kier alpha value is -4.08. The maximum absolute atomic E-state index is 13.2. The molecule has 0 radical (unpaired) electrons. The van der Waals surface area contributed by atoms with Crippen molar-refractivity contribution in [2.45, 2.75) is 6.54 Å². The van der Waals surface area contributed by atoms with E-state index in [0.717, 1.165) is 43.1 Å². The van der Waals surface area contributed by atoms with Crippen molar-refractivity contribution in [3.8, 4) is 0 Å². The fraction of sp³-hybridized carbons (Fsp3) is 0.250. The highest BCUT2D eigenvalue weighted by molar-refractivity contribution is 5.94. The van der Waals surface area contributed by atoms with Crippen molar-refractivity contribution in [3.63, 3.8) is 0 Å². The third-order valence-corrected chi connectivity index (χ3v) is 5.90. The van der Waals surface area contributed by atoms with E-state index in [-0.39, 0.29) is 17.5 Å². The van der Waals surface area contributed by atoms with Crippen molar-refractivity contribution in [3.05, 3.63) is 78.3 Å².